The lowest BCUT2D eigenvalue weighted by Crippen LogP contribution is -2.22. The monoisotopic (exact) mass is 465 g/mol. The summed E-state index contributed by atoms with van der Waals surface area (Å²) in [5.74, 6) is -0.140. The Morgan fingerprint density at radius 3 is 2.00 bits per heavy atom. The molecule has 0 spiro atoms. The van der Waals surface area contributed by atoms with Crippen LogP contribution in [0.25, 0.3) is 0 Å². The maximum absolute atomic E-state index is 13.2. The molecule has 0 bridgehead atoms. The average Bonchev–Trinajstić information content (AvgIpc) is 2.83. The van der Waals surface area contributed by atoms with E-state index < -0.39 is 0 Å². The molecule has 0 aliphatic heterocycles. The average molecular weight is 466 g/mol. The molecule has 178 valence electrons. The first-order chi connectivity index (χ1) is 16.7. The van der Waals surface area contributed by atoms with Crippen molar-refractivity contribution in [1.82, 2.24) is 0 Å². The second-order valence-corrected chi connectivity index (χ2v) is 8.92. The van der Waals surface area contributed by atoms with Crippen LogP contribution in [0.15, 0.2) is 77.1 Å². The number of nitrogens with one attached hydrogen (secondary N) is 2. The molecule has 1 aliphatic carbocycles. The van der Waals surface area contributed by atoms with Gasteiger partial charge in [-0.2, -0.15) is 0 Å². The number of aliphatic imine (C=N–C) groups is 1. The van der Waals surface area contributed by atoms with Gasteiger partial charge in [0.15, 0.2) is 0 Å². The van der Waals surface area contributed by atoms with Crippen molar-refractivity contribution >= 4 is 39.9 Å². The van der Waals surface area contributed by atoms with Crippen LogP contribution < -0.4 is 22.1 Å². The van der Waals surface area contributed by atoms with Crippen LogP contribution in [-0.2, 0) is 4.79 Å². The molecule has 0 aromatic heterocycles. The van der Waals surface area contributed by atoms with Gasteiger partial charge < -0.3 is 22.1 Å². The van der Waals surface area contributed by atoms with E-state index in [1.54, 1.807) is 12.2 Å². The van der Waals surface area contributed by atoms with Crippen LogP contribution in [0.5, 0.6) is 0 Å². The molecular formula is C29H31N5O. The van der Waals surface area contributed by atoms with Crippen molar-refractivity contribution in [2.45, 2.75) is 34.6 Å². The van der Waals surface area contributed by atoms with E-state index in [4.69, 9.17) is 16.5 Å². The number of nitrogens with zero attached hydrogens (tertiary/aromatic N) is 1. The quantitative estimate of drug-likeness (QED) is 0.271. The predicted molar refractivity (Wildman–Crippen MR) is 147 cm³/mol. The van der Waals surface area contributed by atoms with Gasteiger partial charge in [0.1, 0.15) is 0 Å². The van der Waals surface area contributed by atoms with Crippen LogP contribution in [0.2, 0.25) is 0 Å². The minimum Gasteiger partial charge on any atom is -0.399 e. The first-order valence-electron chi connectivity index (χ1n) is 11.5. The summed E-state index contributed by atoms with van der Waals surface area (Å²) in [5, 5.41) is 6.70. The van der Waals surface area contributed by atoms with Crippen LogP contribution in [0.4, 0.5) is 28.4 Å². The Morgan fingerprint density at radius 2 is 1.29 bits per heavy atom. The Bertz CT molecular complexity index is 1430. The van der Waals surface area contributed by atoms with Gasteiger partial charge in [0.25, 0.3) is 0 Å². The molecule has 6 nitrogen and oxygen atoms in total. The Morgan fingerprint density at radius 1 is 0.657 bits per heavy atom. The highest BCUT2D eigenvalue weighted by Crippen LogP contribution is 2.30. The number of benzene rings is 3. The molecular weight excluding hydrogens is 434 g/mol. The molecule has 0 amide bonds. The molecule has 0 radical (unpaired) electrons. The van der Waals surface area contributed by atoms with E-state index in [0.717, 1.165) is 56.3 Å². The number of anilines is 4. The molecule has 1 aliphatic rings. The number of para-hydroxylation sites is 1. The second-order valence-electron chi connectivity index (χ2n) is 8.92. The van der Waals surface area contributed by atoms with Gasteiger partial charge in [-0.15, -0.1) is 0 Å². The van der Waals surface area contributed by atoms with Gasteiger partial charge in [-0.05, 0) is 98.8 Å². The van der Waals surface area contributed by atoms with Crippen molar-refractivity contribution in [3.05, 3.63) is 99.9 Å². The topological polar surface area (TPSA) is 106 Å². The summed E-state index contributed by atoms with van der Waals surface area (Å²) in [7, 11) is 0. The van der Waals surface area contributed by atoms with Crippen LogP contribution in [0.1, 0.15) is 27.8 Å². The molecule has 0 saturated carbocycles. The third-order valence-electron chi connectivity index (χ3n) is 6.65. The van der Waals surface area contributed by atoms with Gasteiger partial charge in [0.05, 0.1) is 22.8 Å². The lowest BCUT2D eigenvalue weighted by molar-refractivity contribution is -0.111. The van der Waals surface area contributed by atoms with Gasteiger partial charge in [-0.25, -0.2) is 4.99 Å². The van der Waals surface area contributed by atoms with E-state index in [-0.39, 0.29) is 5.78 Å². The Balaban J connectivity index is 1.79. The molecule has 0 saturated heterocycles. The van der Waals surface area contributed by atoms with E-state index in [2.05, 4.69) is 10.6 Å². The predicted octanol–water partition coefficient (Wildman–Crippen LogP) is 6.04. The normalized spacial score (nSPS) is 14.5. The molecule has 0 unspecified atom stereocenters. The van der Waals surface area contributed by atoms with Gasteiger partial charge in [0, 0.05) is 28.8 Å². The van der Waals surface area contributed by atoms with Gasteiger partial charge >= 0.3 is 0 Å². The fourth-order valence-corrected chi connectivity index (χ4v) is 3.92. The van der Waals surface area contributed by atoms with Crippen LogP contribution in [0.3, 0.4) is 0 Å². The summed E-state index contributed by atoms with van der Waals surface area (Å²) in [5.41, 5.74) is 22.9. The summed E-state index contributed by atoms with van der Waals surface area (Å²) < 4.78 is 0. The van der Waals surface area contributed by atoms with Gasteiger partial charge in [-0.3, -0.25) is 4.79 Å². The van der Waals surface area contributed by atoms with Gasteiger partial charge in [0.2, 0.25) is 5.78 Å². The number of rotatable bonds is 5. The number of ketones is 1. The van der Waals surface area contributed by atoms with E-state index in [1.807, 2.05) is 83.1 Å². The third-order valence-corrected chi connectivity index (χ3v) is 6.65. The Kier molecular flexibility index (Phi) is 6.47. The molecule has 0 heterocycles. The summed E-state index contributed by atoms with van der Waals surface area (Å²) in [6.07, 6.45) is 3.38. The number of carbonyl (C=O) groups is 1. The summed E-state index contributed by atoms with van der Waals surface area (Å²) in [6, 6.07) is 15.4. The molecule has 35 heavy (non-hydrogen) atoms. The minimum atomic E-state index is -0.140. The maximum atomic E-state index is 13.2. The number of allylic oxidation sites excluding steroid dienone is 2. The largest absolute Gasteiger partial charge is 0.399 e. The molecule has 3 aromatic carbocycles. The summed E-state index contributed by atoms with van der Waals surface area (Å²) >= 11 is 0. The first-order valence-corrected chi connectivity index (χ1v) is 11.5. The van der Waals surface area contributed by atoms with E-state index >= 15 is 0 Å². The van der Waals surface area contributed by atoms with Crippen molar-refractivity contribution in [3.63, 3.8) is 0 Å². The lowest BCUT2D eigenvalue weighted by Gasteiger charge is -2.21. The smallest absolute Gasteiger partial charge is 0.204 e. The van der Waals surface area contributed by atoms with E-state index in [9.17, 15) is 4.79 Å². The zero-order valence-corrected chi connectivity index (χ0v) is 20.8. The van der Waals surface area contributed by atoms with Crippen molar-refractivity contribution in [2.75, 3.05) is 22.1 Å². The zero-order valence-electron chi connectivity index (χ0n) is 20.8. The molecule has 6 heteroatoms. The molecule has 6 N–H and O–H groups in total. The van der Waals surface area contributed by atoms with Crippen molar-refractivity contribution in [3.8, 4) is 0 Å². The fraction of sp³-hybridized carbons (Fsp3) is 0.172. The number of hydrogen-bond donors (Lipinski definition) is 4. The number of nitrogen functional groups attached to an aromatic ring is 2. The SMILES string of the molecule is Cc1ccccc1NC1=CC(=O)C(Nc2ccc(N)c(C)c2C)=CC1=Nc1ccc(N)c(C)c1C. The van der Waals surface area contributed by atoms with Crippen molar-refractivity contribution in [1.29, 1.82) is 0 Å². The minimum absolute atomic E-state index is 0.140. The number of hydrogen-bond acceptors (Lipinski definition) is 6. The standard InChI is InChI=1S/C29H31N5O/c1-16-8-6-7-9-23(16)32-27-15-29(35)28(34-25-13-11-22(31)18(3)20(25)5)14-26(27)33-24-12-10-21(30)17(2)19(24)4/h6-15,32,34H,30-31H2,1-5H3. The fourth-order valence-electron chi connectivity index (χ4n) is 3.92. The van der Waals surface area contributed by atoms with Crippen molar-refractivity contribution in [2.24, 2.45) is 4.99 Å². The maximum Gasteiger partial charge on any atom is 0.204 e. The number of nitrogens with two attached hydrogens (primary N) is 2. The molecule has 4 rings (SSSR count). The number of carbonyl (C=O) groups excluding carboxylic acids is 1. The Labute approximate surface area is 206 Å². The van der Waals surface area contributed by atoms with Crippen LogP contribution >= 0.6 is 0 Å². The molecule has 0 atom stereocenters. The first kappa shape index (κ1) is 23.8. The second kappa shape index (κ2) is 9.50. The summed E-state index contributed by atoms with van der Waals surface area (Å²) in [6.45, 7) is 9.96. The van der Waals surface area contributed by atoms with E-state index in [0.29, 0.717) is 17.1 Å². The van der Waals surface area contributed by atoms with Crippen LogP contribution in [-0.4, -0.2) is 11.5 Å². The molecule has 0 fully saturated rings. The van der Waals surface area contributed by atoms with Gasteiger partial charge in [-0.1, -0.05) is 18.2 Å². The third kappa shape index (κ3) is 4.82. The number of aryl methyl sites for hydroxylation is 1. The highest BCUT2D eigenvalue weighted by molar-refractivity contribution is 6.24. The highest BCUT2D eigenvalue weighted by Gasteiger charge is 2.21. The van der Waals surface area contributed by atoms with E-state index in [1.165, 1.54) is 0 Å². The van der Waals surface area contributed by atoms with Crippen LogP contribution in [0, 0.1) is 34.6 Å². The lowest BCUT2D eigenvalue weighted by atomic mass is 10.0. The van der Waals surface area contributed by atoms with Crippen molar-refractivity contribution < 1.29 is 4.79 Å². The summed E-state index contributed by atoms with van der Waals surface area (Å²) in [4.78, 5) is 18.1. The molecule has 3 aromatic rings. The highest BCUT2D eigenvalue weighted by atomic mass is 16.1. The zero-order chi connectivity index (χ0) is 25.3. The Hall–Kier alpha value is -4.32.